The van der Waals surface area contributed by atoms with Gasteiger partial charge in [-0.15, -0.1) is 0 Å². The van der Waals surface area contributed by atoms with Crippen LogP contribution in [0.5, 0.6) is 0 Å². The van der Waals surface area contributed by atoms with Gasteiger partial charge in [0.05, 0.1) is 26.4 Å². The third-order valence-electron chi connectivity index (χ3n) is 3.48. The van der Waals surface area contributed by atoms with Crippen molar-refractivity contribution >= 4 is 15.9 Å². The molecule has 0 heterocycles. The number of rotatable bonds is 11. The Morgan fingerprint density at radius 1 is 1.00 bits per heavy atom. The summed E-state index contributed by atoms with van der Waals surface area (Å²) in [5, 5.41) is 0. The van der Waals surface area contributed by atoms with Crippen molar-refractivity contribution in [1.29, 1.82) is 0 Å². The van der Waals surface area contributed by atoms with E-state index < -0.39 is 0 Å². The van der Waals surface area contributed by atoms with E-state index in [0.29, 0.717) is 31.3 Å². The van der Waals surface area contributed by atoms with Gasteiger partial charge in [0, 0.05) is 18.5 Å². The monoisotopic (exact) mass is 322 g/mol. The highest BCUT2D eigenvalue weighted by Gasteiger charge is 2.22. The molecule has 0 aromatic rings. The van der Waals surface area contributed by atoms with Gasteiger partial charge in [-0.1, -0.05) is 28.8 Å². The van der Waals surface area contributed by atoms with Crippen LogP contribution in [0.4, 0.5) is 0 Å². The first kappa shape index (κ1) is 16.4. The SMILES string of the molecule is COCCOCCOCCCC(Br)C1CCCC1. The minimum absolute atomic E-state index is 0.658. The normalized spacial score (nSPS) is 18.3. The summed E-state index contributed by atoms with van der Waals surface area (Å²) in [6, 6.07) is 0. The van der Waals surface area contributed by atoms with Crippen LogP contribution in [0.2, 0.25) is 0 Å². The maximum atomic E-state index is 5.54. The van der Waals surface area contributed by atoms with Crippen LogP contribution < -0.4 is 0 Å². The molecule has 1 rings (SSSR count). The molecule has 18 heavy (non-hydrogen) atoms. The number of methoxy groups -OCH3 is 1. The molecule has 108 valence electrons. The van der Waals surface area contributed by atoms with E-state index in [1.54, 1.807) is 7.11 Å². The first-order chi connectivity index (χ1) is 8.84. The van der Waals surface area contributed by atoms with Crippen molar-refractivity contribution in [3.8, 4) is 0 Å². The van der Waals surface area contributed by atoms with E-state index in [1.807, 2.05) is 0 Å². The largest absolute Gasteiger partial charge is 0.382 e. The Morgan fingerprint density at radius 3 is 2.28 bits per heavy atom. The van der Waals surface area contributed by atoms with Gasteiger partial charge in [-0.2, -0.15) is 0 Å². The summed E-state index contributed by atoms with van der Waals surface area (Å²) < 4.78 is 15.8. The molecule has 1 unspecified atom stereocenters. The van der Waals surface area contributed by atoms with Crippen LogP contribution in [0.3, 0.4) is 0 Å². The average Bonchev–Trinajstić information content (AvgIpc) is 2.90. The molecule has 0 aliphatic heterocycles. The fraction of sp³-hybridized carbons (Fsp3) is 1.00. The molecule has 0 radical (unpaired) electrons. The second-order valence-electron chi connectivity index (χ2n) is 4.92. The van der Waals surface area contributed by atoms with E-state index in [0.717, 1.165) is 18.9 Å². The van der Waals surface area contributed by atoms with E-state index in [9.17, 15) is 0 Å². The predicted molar refractivity (Wildman–Crippen MR) is 77.4 cm³/mol. The highest BCUT2D eigenvalue weighted by atomic mass is 79.9. The Labute approximate surface area is 120 Å². The zero-order valence-electron chi connectivity index (χ0n) is 11.5. The van der Waals surface area contributed by atoms with E-state index >= 15 is 0 Å². The molecule has 0 N–H and O–H groups in total. The van der Waals surface area contributed by atoms with Crippen molar-refractivity contribution in [2.45, 2.75) is 43.4 Å². The molecule has 0 amide bonds. The molecule has 0 spiro atoms. The van der Waals surface area contributed by atoms with E-state index in [1.165, 1.54) is 32.1 Å². The first-order valence-corrected chi connectivity index (χ1v) is 8.04. The Morgan fingerprint density at radius 2 is 1.61 bits per heavy atom. The third-order valence-corrected chi connectivity index (χ3v) is 4.69. The second-order valence-corrected chi connectivity index (χ2v) is 6.10. The maximum Gasteiger partial charge on any atom is 0.0701 e. The number of hydrogen-bond acceptors (Lipinski definition) is 3. The Balaban J connectivity index is 1.80. The first-order valence-electron chi connectivity index (χ1n) is 7.13. The van der Waals surface area contributed by atoms with Crippen LogP contribution in [-0.4, -0.2) is 45.0 Å². The lowest BCUT2D eigenvalue weighted by molar-refractivity contribution is 0.0239. The third kappa shape index (κ3) is 7.72. The van der Waals surface area contributed by atoms with E-state index in [2.05, 4.69) is 15.9 Å². The number of hydrogen-bond donors (Lipinski definition) is 0. The molecular formula is C14H27BrO3. The molecular weight excluding hydrogens is 296 g/mol. The Hall–Kier alpha value is 0.360. The fourth-order valence-electron chi connectivity index (χ4n) is 2.40. The zero-order valence-corrected chi connectivity index (χ0v) is 13.1. The van der Waals surface area contributed by atoms with Gasteiger partial charge < -0.3 is 14.2 Å². The lowest BCUT2D eigenvalue weighted by Crippen LogP contribution is -2.13. The Kier molecular flexibility index (Phi) is 10.2. The quantitative estimate of drug-likeness (QED) is 0.431. The van der Waals surface area contributed by atoms with Gasteiger partial charge in [-0.25, -0.2) is 0 Å². The molecule has 1 saturated carbocycles. The second kappa shape index (κ2) is 11.2. The highest BCUT2D eigenvalue weighted by Crippen LogP contribution is 2.33. The summed E-state index contributed by atoms with van der Waals surface area (Å²) in [5.74, 6) is 0.905. The predicted octanol–water partition coefficient (Wildman–Crippen LogP) is 3.40. The minimum atomic E-state index is 0.658. The molecule has 1 aliphatic carbocycles. The molecule has 1 atom stereocenters. The van der Waals surface area contributed by atoms with Crippen LogP contribution in [0.15, 0.2) is 0 Å². The standard InChI is InChI=1S/C14H27BrO3/c1-16-9-10-18-12-11-17-8-4-7-14(15)13-5-2-3-6-13/h13-14H,2-12H2,1H3. The number of ether oxygens (including phenoxy) is 3. The van der Waals surface area contributed by atoms with Crippen molar-refractivity contribution in [3.63, 3.8) is 0 Å². The topological polar surface area (TPSA) is 27.7 Å². The summed E-state index contributed by atoms with van der Waals surface area (Å²) in [5.41, 5.74) is 0. The summed E-state index contributed by atoms with van der Waals surface area (Å²) >= 11 is 3.82. The summed E-state index contributed by atoms with van der Waals surface area (Å²) in [4.78, 5) is 0.696. The average molecular weight is 323 g/mol. The van der Waals surface area contributed by atoms with E-state index in [-0.39, 0.29) is 0 Å². The molecule has 4 heteroatoms. The van der Waals surface area contributed by atoms with Crippen molar-refractivity contribution < 1.29 is 14.2 Å². The smallest absolute Gasteiger partial charge is 0.0701 e. The zero-order chi connectivity index (χ0) is 13.1. The number of halogens is 1. The molecule has 0 aromatic carbocycles. The summed E-state index contributed by atoms with van der Waals surface area (Å²) in [6.07, 6.45) is 8.03. The van der Waals surface area contributed by atoms with Crippen LogP contribution in [0.25, 0.3) is 0 Å². The lowest BCUT2D eigenvalue weighted by Gasteiger charge is -2.16. The Bertz CT molecular complexity index is 184. The molecule has 1 aliphatic rings. The van der Waals surface area contributed by atoms with Crippen molar-refractivity contribution in [1.82, 2.24) is 0 Å². The van der Waals surface area contributed by atoms with Crippen LogP contribution in [0, 0.1) is 5.92 Å². The van der Waals surface area contributed by atoms with Gasteiger partial charge in [0.25, 0.3) is 0 Å². The molecule has 0 saturated heterocycles. The molecule has 1 fully saturated rings. The van der Waals surface area contributed by atoms with E-state index in [4.69, 9.17) is 14.2 Å². The van der Waals surface area contributed by atoms with Gasteiger partial charge in [0.2, 0.25) is 0 Å². The van der Waals surface area contributed by atoms with Crippen LogP contribution in [-0.2, 0) is 14.2 Å². The van der Waals surface area contributed by atoms with Crippen molar-refractivity contribution in [3.05, 3.63) is 0 Å². The minimum Gasteiger partial charge on any atom is -0.382 e. The summed E-state index contributed by atoms with van der Waals surface area (Å²) in [6.45, 7) is 3.53. The molecule has 0 aromatic heterocycles. The maximum absolute atomic E-state index is 5.54. The fourth-order valence-corrected chi connectivity index (χ4v) is 3.25. The van der Waals surface area contributed by atoms with Gasteiger partial charge in [0.15, 0.2) is 0 Å². The van der Waals surface area contributed by atoms with Crippen molar-refractivity contribution in [2.75, 3.05) is 40.1 Å². The van der Waals surface area contributed by atoms with Gasteiger partial charge in [-0.3, -0.25) is 0 Å². The van der Waals surface area contributed by atoms with Gasteiger partial charge >= 0.3 is 0 Å². The number of alkyl halides is 1. The molecule has 0 bridgehead atoms. The molecule has 3 nitrogen and oxygen atoms in total. The van der Waals surface area contributed by atoms with Gasteiger partial charge in [0.1, 0.15) is 0 Å². The van der Waals surface area contributed by atoms with Crippen LogP contribution >= 0.6 is 15.9 Å². The van der Waals surface area contributed by atoms with Crippen LogP contribution in [0.1, 0.15) is 38.5 Å². The lowest BCUT2D eigenvalue weighted by atomic mass is 10.0. The van der Waals surface area contributed by atoms with Crippen molar-refractivity contribution in [2.24, 2.45) is 5.92 Å². The summed E-state index contributed by atoms with van der Waals surface area (Å²) in [7, 11) is 1.68. The van der Waals surface area contributed by atoms with Gasteiger partial charge in [-0.05, 0) is 31.6 Å². The highest BCUT2D eigenvalue weighted by molar-refractivity contribution is 9.09.